The maximum atomic E-state index is 6.32. The van der Waals surface area contributed by atoms with E-state index in [9.17, 15) is 0 Å². The van der Waals surface area contributed by atoms with Gasteiger partial charge in [-0.05, 0) is 52.4 Å². The number of rotatable bonds is 4. The molecule has 0 heterocycles. The lowest BCUT2D eigenvalue weighted by molar-refractivity contribution is 0.390. The molecule has 0 saturated carbocycles. The highest BCUT2D eigenvalue weighted by atomic mass is 127. The Labute approximate surface area is 137 Å². The van der Waals surface area contributed by atoms with Crippen LogP contribution in [0.4, 0.5) is 0 Å². The minimum Gasteiger partial charge on any atom is -0.495 e. The van der Waals surface area contributed by atoms with Crippen molar-refractivity contribution in [2.24, 2.45) is 5.73 Å². The molecule has 106 valence electrons. The molecule has 0 aromatic heterocycles. The van der Waals surface area contributed by atoms with Gasteiger partial charge in [-0.15, -0.1) is 0 Å². The monoisotopic (exact) mass is 403 g/mol. The van der Waals surface area contributed by atoms with Crippen molar-refractivity contribution >= 4 is 34.2 Å². The maximum absolute atomic E-state index is 6.32. The van der Waals surface area contributed by atoms with Crippen LogP contribution in [0.25, 0.3) is 0 Å². The summed E-state index contributed by atoms with van der Waals surface area (Å²) in [6.07, 6.45) is 0. The van der Waals surface area contributed by atoms with Crippen LogP contribution in [0.1, 0.15) is 17.2 Å². The molecule has 0 saturated heterocycles. The van der Waals surface area contributed by atoms with Gasteiger partial charge in [0.15, 0.2) is 0 Å². The zero-order valence-electron chi connectivity index (χ0n) is 11.2. The van der Waals surface area contributed by atoms with Gasteiger partial charge in [0.2, 0.25) is 0 Å². The normalized spacial score (nSPS) is 12.1. The third-order valence-electron chi connectivity index (χ3n) is 3.08. The van der Waals surface area contributed by atoms with Crippen LogP contribution >= 0.6 is 34.2 Å². The second kappa shape index (κ2) is 6.65. The highest BCUT2D eigenvalue weighted by molar-refractivity contribution is 14.1. The molecule has 0 radical (unpaired) electrons. The Kier molecular flexibility index (Phi) is 5.12. The van der Waals surface area contributed by atoms with Crippen LogP contribution in [0.2, 0.25) is 5.02 Å². The molecule has 0 fully saturated rings. The van der Waals surface area contributed by atoms with Crippen molar-refractivity contribution in [3.05, 3.63) is 56.1 Å². The van der Waals surface area contributed by atoms with E-state index in [1.807, 2.05) is 30.3 Å². The van der Waals surface area contributed by atoms with Gasteiger partial charge in [-0.1, -0.05) is 23.7 Å². The summed E-state index contributed by atoms with van der Waals surface area (Å²) in [6, 6.07) is 11.4. The number of halogens is 2. The average molecular weight is 404 g/mol. The molecule has 1 unspecified atom stereocenters. The minimum atomic E-state index is -0.301. The van der Waals surface area contributed by atoms with E-state index in [-0.39, 0.29) is 6.04 Å². The number of nitrogens with two attached hydrogens (primary N) is 1. The fourth-order valence-electron chi connectivity index (χ4n) is 2.01. The van der Waals surface area contributed by atoms with Crippen molar-refractivity contribution in [2.45, 2.75) is 6.04 Å². The molecule has 2 N–H and O–H groups in total. The van der Waals surface area contributed by atoms with Crippen molar-refractivity contribution in [1.29, 1.82) is 0 Å². The van der Waals surface area contributed by atoms with Gasteiger partial charge in [-0.2, -0.15) is 0 Å². The summed E-state index contributed by atoms with van der Waals surface area (Å²) in [7, 11) is 3.14. The zero-order valence-corrected chi connectivity index (χ0v) is 14.1. The van der Waals surface area contributed by atoms with Crippen molar-refractivity contribution in [3.8, 4) is 11.5 Å². The van der Waals surface area contributed by atoms with E-state index in [4.69, 9.17) is 26.8 Å². The van der Waals surface area contributed by atoms with E-state index in [0.29, 0.717) is 16.5 Å². The van der Waals surface area contributed by atoms with Gasteiger partial charge in [-0.25, -0.2) is 0 Å². The van der Waals surface area contributed by atoms with Crippen molar-refractivity contribution in [3.63, 3.8) is 0 Å². The summed E-state index contributed by atoms with van der Waals surface area (Å²) < 4.78 is 11.7. The van der Waals surface area contributed by atoms with Gasteiger partial charge in [0.05, 0.1) is 20.3 Å². The summed E-state index contributed by atoms with van der Waals surface area (Å²) in [5, 5.41) is 0.438. The van der Waals surface area contributed by atoms with E-state index >= 15 is 0 Å². The summed E-state index contributed by atoms with van der Waals surface area (Å²) in [6.45, 7) is 0. The van der Waals surface area contributed by atoms with Gasteiger partial charge >= 0.3 is 0 Å². The van der Waals surface area contributed by atoms with Gasteiger partial charge < -0.3 is 15.2 Å². The summed E-state index contributed by atoms with van der Waals surface area (Å²) in [5.74, 6) is 1.12. The van der Waals surface area contributed by atoms with Crippen LogP contribution in [0.3, 0.4) is 0 Å². The molecule has 2 aromatic carbocycles. The summed E-state index contributed by atoms with van der Waals surface area (Å²) >= 11 is 8.52. The Morgan fingerprint density at radius 3 is 2.25 bits per heavy atom. The first kappa shape index (κ1) is 15.4. The molecule has 2 rings (SSSR count). The standard InChI is InChI=1S/C15H15ClINO2/c1-19-12-8-7-11(15(20-2)13(12)16)14(18)9-3-5-10(17)6-4-9/h3-8,14H,18H2,1-2H3. The molecule has 0 amide bonds. The first-order valence-electron chi connectivity index (χ1n) is 6.00. The molecular weight excluding hydrogens is 389 g/mol. The second-order valence-electron chi connectivity index (χ2n) is 4.23. The van der Waals surface area contributed by atoms with Crippen LogP contribution in [0, 0.1) is 3.57 Å². The van der Waals surface area contributed by atoms with E-state index in [0.717, 1.165) is 11.1 Å². The van der Waals surface area contributed by atoms with Gasteiger partial charge in [0, 0.05) is 9.13 Å². The molecule has 1 atom stereocenters. The molecule has 0 bridgehead atoms. The van der Waals surface area contributed by atoms with Gasteiger partial charge in [0.25, 0.3) is 0 Å². The van der Waals surface area contributed by atoms with E-state index in [1.165, 1.54) is 3.57 Å². The van der Waals surface area contributed by atoms with Crippen LogP contribution in [0.15, 0.2) is 36.4 Å². The maximum Gasteiger partial charge on any atom is 0.146 e. The SMILES string of the molecule is COc1ccc(C(N)c2ccc(I)cc2)c(OC)c1Cl. The molecule has 3 nitrogen and oxygen atoms in total. The Morgan fingerprint density at radius 2 is 1.70 bits per heavy atom. The molecule has 20 heavy (non-hydrogen) atoms. The fourth-order valence-corrected chi connectivity index (χ4v) is 2.70. The average Bonchev–Trinajstić information content (AvgIpc) is 2.47. The highest BCUT2D eigenvalue weighted by Crippen LogP contribution is 2.40. The molecular formula is C15H15ClINO2. The number of hydrogen-bond donors (Lipinski definition) is 1. The van der Waals surface area contributed by atoms with Crippen LogP contribution in [-0.2, 0) is 0 Å². The first-order chi connectivity index (χ1) is 9.58. The van der Waals surface area contributed by atoms with Gasteiger partial charge in [-0.3, -0.25) is 0 Å². The number of benzene rings is 2. The molecule has 2 aromatic rings. The minimum absolute atomic E-state index is 0.301. The predicted octanol–water partition coefficient (Wildman–Crippen LogP) is 4.01. The fraction of sp³-hybridized carbons (Fsp3) is 0.200. The Bertz CT molecular complexity index is 602. The van der Waals surface area contributed by atoms with Crippen molar-refractivity contribution < 1.29 is 9.47 Å². The lowest BCUT2D eigenvalue weighted by Gasteiger charge is -2.18. The first-order valence-corrected chi connectivity index (χ1v) is 7.45. The number of hydrogen-bond acceptors (Lipinski definition) is 3. The van der Waals surface area contributed by atoms with Crippen LogP contribution < -0.4 is 15.2 Å². The highest BCUT2D eigenvalue weighted by Gasteiger charge is 2.19. The molecule has 0 spiro atoms. The van der Waals surface area contributed by atoms with E-state index < -0.39 is 0 Å². The second-order valence-corrected chi connectivity index (χ2v) is 5.86. The number of methoxy groups -OCH3 is 2. The topological polar surface area (TPSA) is 44.5 Å². The molecule has 5 heteroatoms. The quantitative estimate of drug-likeness (QED) is 0.785. The van der Waals surface area contributed by atoms with Crippen LogP contribution in [0.5, 0.6) is 11.5 Å². The van der Waals surface area contributed by atoms with Crippen LogP contribution in [-0.4, -0.2) is 14.2 Å². The zero-order chi connectivity index (χ0) is 14.7. The van der Waals surface area contributed by atoms with Crippen molar-refractivity contribution in [1.82, 2.24) is 0 Å². The van der Waals surface area contributed by atoms with E-state index in [2.05, 4.69) is 22.6 Å². The Morgan fingerprint density at radius 1 is 1.05 bits per heavy atom. The lowest BCUT2D eigenvalue weighted by atomic mass is 9.98. The number of ether oxygens (including phenoxy) is 2. The Hall–Kier alpha value is -0.980. The third-order valence-corrected chi connectivity index (χ3v) is 4.16. The molecule has 0 aliphatic rings. The molecule has 0 aliphatic heterocycles. The molecule has 0 aliphatic carbocycles. The predicted molar refractivity (Wildman–Crippen MR) is 89.7 cm³/mol. The van der Waals surface area contributed by atoms with Crippen molar-refractivity contribution in [2.75, 3.05) is 14.2 Å². The third kappa shape index (κ3) is 3.02. The Balaban J connectivity index is 2.46. The summed E-state index contributed by atoms with van der Waals surface area (Å²) in [5.41, 5.74) is 8.16. The van der Waals surface area contributed by atoms with Gasteiger partial charge in [0.1, 0.15) is 16.5 Å². The largest absolute Gasteiger partial charge is 0.495 e. The summed E-state index contributed by atoms with van der Waals surface area (Å²) in [4.78, 5) is 0. The van der Waals surface area contributed by atoms with E-state index in [1.54, 1.807) is 20.3 Å². The smallest absolute Gasteiger partial charge is 0.146 e. The lowest BCUT2D eigenvalue weighted by Crippen LogP contribution is -2.13.